The van der Waals surface area contributed by atoms with Gasteiger partial charge in [-0.1, -0.05) is 5.16 Å². The highest BCUT2D eigenvalue weighted by molar-refractivity contribution is 5.87. The van der Waals surface area contributed by atoms with E-state index in [0.717, 1.165) is 25.9 Å². The molecule has 1 aromatic heterocycles. The Labute approximate surface area is 94.3 Å². The molecule has 0 amide bonds. The molecule has 1 aromatic rings. The van der Waals surface area contributed by atoms with Crippen LogP contribution < -0.4 is 4.90 Å². The smallest absolute Gasteiger partial charge is 0.360 e. The van der Waals surface area contributed by atoms with Crippen molar-refractivity contribution in [2.75, 3.05) is 24.6 Å². The molecule has 0 bridgehead atoms. The Morgan fingerprint density at radius 3 is 2.94 bits per heavy atom. The summed E-state index contributed by atoms with van der Waals surface area (Å²) < 4.78 is 10.00. The van der Waals surface area contributed by atoms with Crippen LogP contribution >= 0.6 is 0 Å². The van der Waals surface area contributed by atoms with Gasteiger partial charge in [0, 0.05) is 19.2 Å². The monoisotopic (exact) mass is 224 g/mol. The lowest BCUT2D eigenvalue weighted by Gasteiger charge is -2.25. The molecule has 0 aliphatic carbocycles. The summed E-state index contributed by atoms with van der Waals surface area (Å²) in [5.74, 6) is 0.247. The fourth-order valence-electron chi connectivity index (χ4n) is 1.83. The van der Waals surface area contributed by atoms with Crippen LogP contribution in [-0.4, -0.2) is 30.8 Å². The molecule has 5 nitrogen and oxygen atoms in total. The summed E-state index contributed by atoms with van der Waals surface area (Å²) in [4.78, 5) is 13.5. The van der Waals surface area contributed by atoms with Crippen molar-refractivity contribution in [2.24, 2.45) is 0 Å². The van der Waals surface area contributed by atoms with Gasteiger partial charge in [-0.25, -0.2) is 4.79 Å². The van der Waals surface area contributed by atoms with E-state index < -0.39 is 5.97 Å². The van der Waals surface area contributed by atoms with Gasteiger partial charge < -0.3 is 14.2 Å². The van der Waals surface area contributed by atoms with Crippen molar-refractivity contribution in [1.82, 2.24) is 5.16 Å². The van der Waals surface area contributed by atoms with Gasteiger partial charge in [-0.3, -0.25) is 0 Å². The molecule has 0 aromatic carbocycles. The van der Waals surface area contributed by atoms with Crippen molar-refractivity contribution in [2.45, 2.75) is 26.2 Å². The first-order valence-electron chi connectivity index (χ1n) is 5.70. The van der Waals surface area contributed by atoms with E-state index in [1.807, 2.05) is 0 Å². The van der Waals surface area contributed by atoms with Gasteiger partial charge in [0.15, 0.2) is 5.69 Å². The van der Waals surface area contributed by atoms with E-state index in [9.17, 15) is 4.79 Å². The van der Waals surface area contributed by atoms with Crippen LogP contribution in [0.5, 0.6) is 0 Å². The van der Waals surface area contributed by atoms with E-state index in [1.54, 1.807) is 13.0 Å². The first-order chi connectivity index (χ1) is 7.81. The molecule has 0 radical (unpaired) electrons. The highest BCUT2D eigenvalue weighted by atomic mass is 16.5. The molecule has 1 fully saturated rings. The maximum absolute atomic E-state index is 11.4. The number of nitrogens with zero attached hydrogens (tertiary/aromatic N) is 2. The Morgan fingerprint density at radius 1 is 1.50 bits per heavy atom. The third-order valence-corrected chi connectivity index (χ3v) is 2.65. The second-order valence-electron chi connectivity index (χ2n) is 3.82. The Kier molecular flexibility index (Phi) is 3.44. The zero-order valence-corrected chi connectivity index (χ0v) is 9.44. The predicted molar refractivity (Wildman–Crippen MR) is 58.5 cm³/mol. The highest BCUT2D eigenvalue weighted by Gasteiger charge is 2.19. The lowest BCUT2D eigenvalue weighted by molar-refractivity contribution is 0.0514. The van der Waals surface area contributed by atoms with Crippen molar-refractivity contribution in [3.05, 3.63) is 11.8 Å². The van der Waals surface area contributed by atoms with Gasteiger partial charge >= 0.3 is 5.97 Å². The van der Waals surface area contributed by atoms with Gasteiger partial charge in [0.05, 0.1) is 6.61 Å². The van der Waals surface area contributed by atoms with Gasteiger partial charge in [0.2, 0.25) is 5.88 Å². The standard InChI is InChI=1S/C11H16N2O3/c1-2-15-11(14)9-8-10(16-12-9)13-6-4-3-5-7-13/h8H,2-7H2,1H3. The highest BCUT2D eigenvalue weighted by Crippen LogP contribution is 2.20. The molecular formula is C11H16N2O3. The third-order valence-electron chi connectivity index (χ3n) is 2.65. The molecule has 2 heterocycles. The van der Waals surface area contributed by atoms with Crippen LogP contribution in [0.3, 0.4) is 0 Å². The van der Waals surface area contributed by atoms with Gasteiger partial charge in [-0.2, -0.15) is 0 Å². The van der Waals surface area contributed by atoms with E-state index in [-0.39, 0.29) is 5.69 Å². The fourth-order valence-corrected chi connectivity index (χ4v) is 1.83. The lowest BCUT2D eigenvalue weighted by atomic mass is 10.1. The number of carbonyl (C=O) groups is 1. The van der Waals surface area contributed by atoms with Crippen LogP contribution in [-0.2, 0) is 4.74 Å². The molecule has 2 rings (SSSR count). The maximum atomic E-state index is 11.4. The molecule has 0 atom stereocenters. The number of esters is 1. The molecule has 0 saturated carbocycles. The lowest BCUT2D eigenvalue weighted by Crippen LogP contribution is -2.28. The summed E-state index contributed by atoms with van der Waals surface area (Å²) in [6.45, 7) is 4.06. The molecular weight excluding hydrogens is 208 g/mol. The molecule has 0 N–H and O–H groups in total. The number of hydrogen-bond donors (Lipinski definition) is 0. The van der Waals surface area contributed by atoms with Gasteiger partial charge in [0.25, 0.3) is 0 Å². The number of ether oxygens (including phenoxy) is 1. The average molecular weight is 224 g/mol. The van der Waals surface area contributed by atoms with E-state index in [4.69, 9.17) is 9.26 Å². The summed E-state index contributed by atoms with van der Waals surface area (Å²) >= 11 is 0. The Balaban J connectivity index is 2.03. The maximum Gasteiger partial charge on any atom is 0.360 e. The second-order valence-corrected chi connectivity index (χ2v) is 3.82. The molecule has 1 aliphatic rings. The minimum Gasteiger partial charge on any atom is -0.461 e. The Morgan fingerprint density at radius 2 is 2.25 bits per heavy atom. The predicted octanol–water partition coefficient (Wildman–Crippen LogP) is 1.84. The van der Waals surface area contributed by atoms with Crippen molar-refractivity contribution in [3.63, 3.8) is 0 Å². The van der Waals surface area contributed by atoms with Crippen molar-refractivity contribution >= 4 is 11.9 Å². The number of hydrogen-bond acceptors (Lipinski definition) is 5. The largest absolute Gasteiger partial charge is 0.461 e. The average Bonchev–Trinajstić information content (AvgIpc) is 2.80. The van der Waals surface area contributed by atoms with E-state index in [0.29, 0.717) is 12.5 Å². The second kappa shape index (κ2) is 5.01. The minimum absolute atomic E-state index is 0.252. The van der Waals surface area contributed by atoms with Crippen LogP contribution in [0.15, 0.2) is 10.6 Å². The SMILES string of the molecule is CCOC(=O)c1cc(N2CCCCC2)on1. The minimum atomic E-state index is -0.422. The molecule has 1 saturated heterocycles. The van der Waals surface area contributed by atoms with Gasteiger partial charge in [0.1, 0.15) is 0 Å². The number of carbonyl (C=O) groups excluding carboxylic acids is 1. The molecule has 88 valence electrons. The van der Waals surface area contributed by atoms with Crippen LogP contribution in [0.25, 0.3) is 0 Å². The zero-order valence-electron chi connectivity index (χ0n) is 9.44. The number of aromatic nitrogens is 1. The molecule has 0 unspecified atom stereocenters. The summed E-state index contributed by atoms with van der Waals surface area (Å²) in [6, 6.07) is 1.66. The van der Waals surface area contributed by atoms with E-state index >= 15 is 0 Å². The zero-order chi connectivity index (χ0) is 11.4. The first-order valence-corrected chi connectivity index (χ1v) is 5.70. The first kappa shape index (κ1) is 11.0. The van der Waals surface area contributed by atoms with Crippen LogP contribution in [0, 0.1) is 0 Å². The number of piperidine rings is 1. The third kappa shape index (κ3) is 2.35. The quantitative estimate of drug-likeness (QED) is 0.733. The summed E-state index contributed by atoms with van der Waals surface area (Å²) in [5, 5.41) is 3.72. The van der Waals surface area contributed by atoms with Crippen LogP contribution in [0.4, 0.5) is 5.88 Å². The van der Waals surface area contributed by atoms with Crippen molar-refractivity contribution < 1.29 is 14.1 Å². The molecule has 1 aliphatic heterocycles. The van der Waals surface area contributed by atoms with Crippen molar-refractivity contribution in [1.29, 1.82) is 0 Å². The van der Waals surface area contributed by atoms with E-state index in [2.05, 4.69) is 10.1 Å². The van der Waals surface area contributed by atoms with E-state index in [1.165, 1.54) is 6.42 Å². The van der Waals surface area contributed by atoms with Gasteiger partial charge in [-0.05, 0) is 26.2 Å². The normalized spacial score (nSPS) is 16.2. The Bertz CT molecular complexity index is 356. The van der Waals surface area contributed by atoms with Gasteiger partial charge in [-0.15, -0.1) is 0 Å². The topological polar surface area (TPSA) is 55.6 Å². The summed E-state index contributed by atoms with van der Waals surface area (Å²) in [6.07, 6.45) is 3.58. The van der Waals surface area contributed by atoms with Crippen LogP contribution in [0.1, 0.15) is 36.7 Å². The van der Waals surface area contributed by atoms with Crippen LogP contribution in [0.2, 0.25) is 0 Å². The Hall–Kier alpha value is -1.52. The molecule has 16 heavy (non-hydrogen) atoms. The molecule has 0 spiro atoms. The summed E-state index contributed by atoms with van der Waals surface area (Å²) in [5.41, 5.74) is 0.252. The number of anilines is 1. The fraction of sp³-hybridized carbons (Fsp3) is 0.636. The van der Waals surface area contributed by atoms with Crippen molar-refractivity contribution in [3.8, 4) is 0 Å². The summed E-state index contributed by atoms with van der Waals surface area (Å²) in [7, 11) is 0. The molecule has 5 heteroatoms. The number of rotatable bonds is 3.